The second kappa shape index (κ2) is 5.91. The number of benzene rings is 2. The van der Waals surface area contributed by atoms with Crippen molar-refractivity contribution < 1.29 is 9.73 Å². The lowest BCUT2D eigenvalue weighted by Crippen LogP contribution is -2.12. The Hall–Kier alpha value is -2.43. The van der Waals surface area contributed by atoms with E-state index in [0.717, 1.165) is 27.4 Å². The molecule has 3 aromatic rings. The van der Waals surface area contributed by atoms with Crippen molar-refractivity contribution in [1.29, 1.82) is 0 Å². The van der Waals surface area contributed by atoms with Crippen LogP contribution >= 0.6 is 0 Å². The SMILES string of the molecule is CN(O)Cc1c(-c2ccccc2)noc1-c1ccccc1. The summed E-state index contributed by atoms with van der Waals surface area (Å²) in [6, 6.07) is 19.6. The molecule has 0 bridgehead atoms. The highest BCUT2D eigenvalue weighted by atomic mass is 16.5. The van der Waals surface area contributed by atoms with Crippen LogP contribution in [0.4, 0.5) is 0 Å². The van der Waals surface area contributed by atoms with E-state index in [1.54, 1.807) is 7.05 Å². The summed E-state index contributed by atoms with van der Waals surface area (Å²) < 4.78 is 5.55. The minimum absolute atomic E-state index is 0.345. The van der Waals surface area contributed by atoms with Crippen LogP contribution < -0.4 is 0 Å². The molecule has 106 valence electrons. The van der Waals surface area contributed by atoms with Crippen molar-refractivity contribution in [3.63, 3.8) is 0 Å². The lowest BCUT2D eigenvalue weighted by atomic mass is 10.0. The van der Waals surface area contributed by atoms with Crippen molar-refractivity contribution in [3.05, 3.63) is 66.2 Å². The Balaban J connectivity index is 2.12. The van der Waals surface area contributed by atoms with Gasteiger partial charge in [-0.1, -0.05) is 65.8 Å². The lowest BCUT2D eigenvalue weighted by Gasteiger charge is -2.09. The van der Waals surface area contributed by atoms with Crippen LogP contribution in [0.25, 0.3) is 22.6 Å². The summed E-state index contributed by atoms with van der Waals surface area (Å²) >= 11 is 0. The zero-order chi connectivity index (χ0) is 14.7. The number of hydroxylamine groups is 2. The largest absolute Gasteiger partial charge is 0.355 e. The van der Waals surface area contributed by atoms with Gasteiger partial charge in [0.2, 0.25) is 0 Å². The van der Waals surface area contributed by atoms with Crippen molar-refractivity contribution in [2.24, 2.45) is 0 Å². The van der Waals surface area contributed by atoms with Gasteiger partial charge in [0.15, 0.2) is 5.76 Å². The van der Waals surface area contributed by atoms with E-state index in [1.165, 1.54) is 0 Å². The highest BCUT2D eigenvalue weighted by Gasteiger charge is 2.19. The molecule has 1 heterocycles. The summed E-state index contributed by atoms with van der Waals surface area (Å²) in [6.45, 7) is 0.345. The van der Waals surface area contributed by atoms with Gasteiger partial charge in [-0.2, -0.15) is 5.06 Å². The number of rotatable bonds is 4. The smallest absolute Gasteiger partial charge is 0.172 e. The Morgan fingerprint density at radius 1 is 0.952 bits per heavy atom. The Morgan fingerprint density at radius 2 is 1.52 bits per heavy atom. The van der Waals surface area contributed by atoms with E-state index in [1.807, 2.05) is 60.7 Å². The highest BCUT2D eigenvalue weighted by Crippen LogP contribution is 2.32. The van der Waals surface area contributed by atoms with E-state index in [0.29, 0.717) is 12.3 Å². The molecule has 0 amide bonds. The summed E-state index contributed by atoms with van der Waals surface area (Å²) in [5, 5.41) is 15.0. The van der Waals surface area contributed by atoms with Gasteiger partial charge in [0.1, 0.15) is 5.69 Å². The molecule has 0 aliphatic heterocycles. The molecule has 4 heteroatoms. The van der Waals surface area contributed by atoms with Gasteiger partial charge in [-0.15, -0.1) is 0 Å². The molecule has 0 unspecified atom stereocenters. The Morgan fingerprint density at radius 3 is 2.10 bits per heavy atom. The zero-order valence-corrected chi connectivity index (χ0v) is 11.7. The zero-order valence-electron chi connectivity index (χ0n) is 11.7. The van der Waals surface area contributed by atoms with Gasteiger partial charge in [0.25, 0.3) is 0 Å². The monoisotopic (exact) mass is 280 g/mol. The van der Waals surface area contributed by atoms with Crippen LogP contribution in [0.3, 0.4) is 0 Å². The van der Waals surface area contributed by atoms with Crippen LogP contribution in [0.2, 0.25) is 0 Å². The van der Waals surface area contributed by atoms with Gasteiger partial charge < -0.3 is 9.73 Å². The third kappa shape index (κ3) is 2.86. The van der Waals surface area contributed by atoms with Gasteiger partial charge in [-0.3, -0.25) is 0 Å². The Bertz CT molecular complexity index is 649. The van der Waals surface area contributed by atoms with Gasteiger partial charge in [0.05, 0.1) is 6.54 Å². The lowest BCUT2D eigenvalue weighted by molar-refractivity contribution is -0.0730. The van der Waals surface area contributed by atoms with E-state index >= 15 is 0 Å². The molecule has 3 rings (SSSR count). The second-order valence-corrected chi connectivity index (χ2v) is 4.89. The van der Waals surface area contributed by atoms with Crippen LogP contribution in [0.5, 0.6) is 0 Å². The first-order valence-electron chi connectivity index (χ1n) is 6.75. The average Bonchev–Trinajstić information content (AvgIpc) is 2.92. The third-order valence-electron chi connectivity index (χ3n) is 3.26. The van der Waals surface area contributed by atoms with Crippen LogP contribution in [0.15, 0.2) is 65.2 Å². The number of aromatic nitrogens is 1. The van der Waals surface area contributed by atoms with E-state index in [-0.39, 0.29) is 0 Å². The normalized spacial score (nSPS) is 11.0. The number of hydrogen-bond acceptors (Lipinski definition) is 4. The van der Waals surface area contributed by atoms with Gasteiger partial charge >= 0.3 is 0 Å². The first-order valence-corrected chi connectivity index (χ1v) is 6.75. The molecule has 0 aliphatic rings. The second-order valence-electron chi connectivity index (χ2n) is 4.89. The van der Waals surface area contributed by atoms with E-state index < -0.39 is 0 Å². The first kappa shape index (κ1) is 13.5. The molecule has 1 N–H and O–H groups in total. The number of nitrogens with zero attached hydrogens (tertiary/aromatic N) is 2. The molecule has 0 atom stereocenters. The Kier molecular flexibility index (Phi) is 3.81. The van der Waals surface area contributed by atoms with Crippen LogP contribution in [-0.4, -0.2) is 22.5 Å². The van der Waals surface area contributed by atoms with Crippen LogP contribution in [0, 0.1) is 0 Å². The fourth-order valence-corrected chi connectivity index (χ4v) is 2.32. The third-order valence-corrected chi connectivity index (χ3v) is 3.26. The molecule has 0 saturated carbocycles. The maximum Gasteiger partial charge on any atom is 0.172 e. The van der Waals surface area contributed by atoms with Crippen LogP contribution in [0.1, 0.15) is 5.56 Å². The summed E-state index contributed by atoms with van der Waals surface area (Å²) in [6.07, 6.45) is 0. The highest BCUT2D eigenvalue weighted by molar-refractivity contribution is 5.72. The first-order chi connectivity index (χ1) is 10.3. The van der Waals surface area contributed by atoms with E-state index in [9.17, 15) is 5.21 Å². The molecular weight excluding hydrogens is 264 g/mol. The number of hydrogen-bond donors (Lipinski definition) is 1. The quantitative estimate of drug-likeness (QED) is 0.738. The fraction of sp³-hybridized carbons (Fsp3) is 0.118. The van der Waals surface area contributed by atoms with Crippen molar-refractivity contribution >= 4 is 0 Å². The minimum atomic E-state index is 0.345. The summed E-state index contributed by atoms with van der Waals surface area (Å²) in [7, 11) is 1.61. The topological polar surface area (TPSA) is 49.5 Å². The van der Waals surface area contributed by atoms with Crippen molar-refractivity contribution in [1.82, 2.24) is 10.2 Å². The van der Waals surface area contributed by atoms with Crippen molar-refractivity contribution in [2.45, 2.75) is 6.54 Å². The maximum absolute atomic E-state index is 9.63. The molecule has 0 saturated heterocycles. The summed E-state index contributed by atoms with van der Waals surface area (Å²) in [5.41, 5.74) is 3.55. The molecule has 4 nitrogen and oxygen atoms in total. The minimum Gasteiger partial charge on any atom is -0.355 e. The average molecular weight is 280 g/mol. The van der Waals surface area contributed by atoms with Gasteiger partial charge in [0, 0.05) is 23.7 Å². The summed E-state index contributed by atoms with van der Waals surface area (Å²) in [5.74, 6) is 0.690. The van der Waals surface area contributed by atoms with E-state index in [4.69, 9.17) is 4.52 Å². The molecule has 0 spiro atoms. The Labute approximate surface area is 123 Å². The molecule has 21 heavy (non-hydrogen) atoms. The van der Waals surface area contributed by atoms with Crippen molar-refractivity contribution in [3.8, 4) is 22.6 Å². The molecule has 0 fully saturated rings. The van der Waals surface area contributed by atoms with Gasteiger partial charge in [-0.25, -0.2) is 0 Å². The standard InChI is InChI=1S/C17H16N2O2/c1-19(20)12-15-16(13-8-4-2-5-9-13)18-21-17(15)14-10-6-3-7-11-14/h2-11,20H,12H2,1H3. The molecule has 0 aliphatic carbocycles. The molecule has 1 aromatic heterocycles. The molecular formula is C17H16N2O2. The maximum atomic E-state index is 9.63. The van der Waals surface area contributed by atoms with Crippen molar-refractivity contribution in [2.75, 3.05) is 7.05 Å². The van der Waals surface area contributed by atoms with Gasteiger partial charge in [-0.05, 0) is 0 Å². The van der Waals surface area contributed by atoms with E-state index in [2.05, 4.69) is 5.16 Å². The molecule has 0 radical (unpaired) electrons. The fourth-order valence-electron chi connectivity index (χ4n) is 2.32. The van der Waals surface area contributed by atoms with Crippen LogP contribution in [-0.2, 0) is 6.54 Å². The summed E-state index contributed by atoms with van der Waals surface area (Å²) in [4.78, 5) is 0. The molecule has 2 aromatic carbocycles. The predicted octanol–water partition coefficient (Wildman–Crippen LogP) is 3.83. The predicted molar refractivity (Wildman–Crippen MR) is 80.6 cm³/mol.